The number of carbonyl (C=O) groups excluding carboxylic acids is 3. The van der Waals surface area contributed by atoms with Gasteiger partial charge in [0, 0.05) is 12.6 Å². The quantitative estimate of drug-likeness (QED) is 0.460. The number of alkyl carbamates (subject to hydrolysis) is 1. The molecule has 2 aromatic rings. The summed E-state index contributed by atoms with van der Waals surface area (Å²) in [4.78, 5) is 42.6. The minimum Gasteiger partial charge on any atom is -0.444 e. The molecule has 2 N–H and O–H groups in total. The van der Waals surface area contributed by atoms with E-state index in [1.54, 1.807) is 25.7 Å². The maximum Gasteiger partial charge on any atom is 0.408 e. The topological polar surface area (TPSA) is 87.7 Å². The summed E-state index contributed by atoms with van der Waals surface area (Å²) in [5.41, 5.74) is 3.09. The number of nitrogens with one attached hydrogen (secondary N) is 2. The molecule has 38 heavy (non-hydrogen) atoms. The minimum atomic E-state index is -0.841. The van der Waals surface area contributed by atoms with Gasteiger partial charge in [-0.3, -0.25) is 9.59 Å². The molecule has 7 nitrogen and oxygen atoms in total. The number of amides is 3. The Morgan fingerprint density at radius 3 is 2.21 bits per heavy atom. The maximum absolute atomic E-state index is 14.3. The molecule has 7 heteroatoms. The van der Waals surface area contributed by atoms with Crippen LogP contribution in [0.2, 0.25) is 0 Å². The highest BCUT2D eigenvalue weighted by Crippen LogP contribution is 2.42. The van der Waals surface area contributed by atoms with E-state index in [2.05, 4.69) is 17.6 Å². The fraction of sp³-hybridized carbons (Fsp3) is 0.516. The van der Waals surface area contributed by atoms with Gasteiger partial charge in [-0.15, -0.1) is 0 Å². The van der Waals surface area contributed by atoms with Crippen LogP contribution in [0.1, 0.15) is 76.3 Å². The van der Waals surface area contributed by atoms with E-state index in [4.69, 9.17) is 4.74 Å². The molecule has 1 fully saturated rings. The molecule has 1 aliphatic carbocycles. The Kier molecular flexibility index (Phi) is 9.23. The van der Waals surface area contributed by atoms with Crippen molar-refractivity contribution in [2.75, 3.05) is 0 Å². The van der Waals surface area contributed by atoms with Crippen molar-refractivity contribution in [3.63, 3.8) is 0 Å². The van der Waals surface area contributed by atoms with Gasteiger partial charge in [0.05, 0.1) is 0 Å². The van der Waals surface area contributed by atoms with E-state index in [-0.39, 0.29) is 29.7 Å². The third kappa shape index (κ3) is 7.36. The summed E-state index contributed by atoms with van der Waals surface area (Å²) < 4.78 is 5.46. The fourth-order valence-electron chi connectivity index (χ4n) is 4.65. The normalized spacial score (nSPS) is 18.3. The monoisotopic (exact) mass is 521 g/mol. The van der Waals surface area contributed by atoms with Gasteiger partial charge in [-0.25, -0.2) is 4.79 Å². The molecule has 0 bridgehead atoms. The molecule has 0 heterocycles. The van der Waals surface area contributed by atoms with Crippen molar-refractivity contribution in [2.24, 2.45) is 11.8 Å². The highest BCUT2D eigenvalue weighted by Gasteiger charge is 2.49. The lowest BCUT2D eigenvalue weighted by Gasteiger charge is -2.36. The van der Waals surface area contributed by atoms with E-state index in [1.807, 2.05) is 76.2 Å². The molecule has 1 saturated carbocycles. The first-order valence-electron chi connectivity index (χ1n) is 13.5. The van der Waals surface area contributed by atoms with E-state index < -0.39 is 23.8 Å². The zero-order valence-electron chi connectivity index (χ0n) is 24.0. The van der Waals surface area contributed by atoms with Crippen molar-refractivity contribution in [1.29, 1.82) is 0 Å². The molecule has 0 aromatic heterocycles. The van der Waals surface area contributed by atoms with E-state index in [9.17, 15) is 14.4 Å². The number of hydrogen-bond acceptors (Lipinski definition) is 4. The van der Waals surface area contributed by atoms with Crippen LogP contribution in [0.25, 0.3) is 0 Å². The second-order valence-corrected chi connectivity index (χ2v) is 11.8. The van der Waals surface area contributed by atoms with Crippen LogP contribution in [-0.2, 0) is 20.9 Å². The number of aryl methyl sites for hydroxylation is 1. The summed E-state index contributed by atoms with van der Waals surface area (Å²) in [5, 5.41) is 5.87. The maximum atomic E-state index is 14.3. The summed E-state index contributed by atoms with van der Waals surface area (Å²) in [5.74, 6) is -0.475. The number of rotatable bonds is 9. The molecule has 1 aliphatic rings. The summed E-state index contributed by atoms with van der Waals surface area (Å²) in [6.45, 7) is 15.5. The van der Waals surface area contributed by atoms with Crippen molar-refractivity contribution in [3.05, 3.63) is 70.8 Å². The van der Waals surface area contributed by atoms with Crippen LogP contribution < -0.4 is 10.6 Å². The Labute approximate surface area is 227 Å². The van der Waals surface area contributed by atoms with E-state index in [0.29, 0.717) is 6.54 Å². The fourth-order valence-corrected chi connectivity index (χ4v) is 4.65. The van der Waals surface area contributed by atoms with Crippen molar-refractivity contribution in [3.8, 4) is 0 Å². The van der Waals surface area contributed by atoms with Crippen molar-refractivity contribution in [2.45, 2.75) is 92.1 Å². The first kappa shape index (κ1) is 29.2. The van der Waals surface area contributed by atoms with Gasteiger partial charge in [0.1, 0.15) is 17.7 Å². The second kappa shape index (κ2) is 12.0. The van der Waals surface area contributed by atoms with Gasteiger partial charge in [-0.05, 0) is 75.1 Å². The number of carbonyl (C=O) groups is 3. The molecular weight excluding hydrogens is 478 g/mol. The Balaban J connectivity index is 2.00. The molecule has 4 atom stereocenters. The lowest BCUT2D eigenvalue weighted by molar-refractivity contribution is -0.144. The van der Waals surface area contributed by atoms with E-state index in [0.717, 1.165) is 28.7 Å². The summed E-state index contributed by atoms with van der Waals surface area (Å²) >= 11 is 0. The Morgan fingerprint density at radius 2 is 1.66 bits per heavy atom. The van der Waals surface area contributed by atoms with Gasteiger partial charge in [0.25, 0.3) is 0 Å². The average Bonchev–Trinajstić information content (AvgIpc) is 3.56. The van der Waals surface area contributed by atoms with Gasteiger partial charge in [-0.1, -0.05) is 69.3 Å². The van der Waals surface area contributed by atoms with Gasteiger partial charge >= 0.3 is 6.09 Å². The van der Waals surface area contributed by atoms with Crippen LogP contribution in [0.4, 0.5) is 4.79 Å². The molecule has 3 rings (SSSR count). The van der Waals surface area contributed by atoms with Crippen LogP contribution in [-0.4, -0.2) is 40.5 Å². The molecule has 0 aliphatic heterocycles. The third-order valence-electron chi connectivity index (χ3n) is 7.06. The first-order chi connectivity index (χ1) is 17.8. The first-order valence-corrected chi connectivity index (χ1v) is 13.5. The Bertz CT molecular complexity index is 1140. The highest BCUT2D eigenvalue weighted by molar-refractivity contribution is 5.93. The zero-order valence-corrected chi connectivity index (χ0v) is 24.0. The van der Waals surface area contributed by atoms with Crippen LogP contribution in [0.5, 0.6) is 0 Å². The lowest BCUT2D eigenvalue weighted by atomic mass is 9.93. The lowest BCUT2D eigenvalue weighted by Crippen LogP contribution is -2.55. The van der Waals surface area contributed by atoms with Crippen molar-refractivity contribution < 1.29 is 19.1 Å². The van der Waals surface area contributed by atoms with Crippen LogP contribution in [0, 0.1) is 25.7 Å². The summed E-state index contributed by atoms with van der Waals surface area (Å²) in [6.07, 6.45) is 0.154. The van der Waals surface area contributed by atoms with Crippen LogP contribution in [0.15, 0.2) is 48.5 Å². The van der Waals surface area contributed by atoms with Gasteiger partial charge < -0.3 is 20.3 Å². The predicted octanol–water partition coefficient (Wildman–Crippen LogP) is 5.45. The number of benzene rings is 2. The number of ether oxygens (including phenoxy) is 1. The minimum absolute atomic E-state index is 0.100. The second-order valence-electron chi connectivity index (χ2n) is 11.8. The SMILES string of the molecule is Cc1cccc(C(C(=O)NCc2ccccc2)N(C(=O)C(NC(=O)OC(C)(C)C)C(C)C)C2CC2C)c1C. The summed E-state index contributed by atoms with van der Waals surface area (Å²) in [6, 6.07) is 13.8. The predicted molar refractivity (Wildman–Crippen MR) is 149 cm³/mol. The van der Waals surface area contributed by atoms with Gasteiger partial charge in [0.15, 0.2) is 0 Å². The van der Waals surface area contributed by atoms with Gasteiger partial charge in [-0.2, -0.15) is 0 Å². The smallest absolute Gasteiger partial charge is 0.408 e. The van der Waals surface area contributed by atoms with Crippen molar-refractivity contribution >= 4 is 17.9 Å². The Hall–Kier alpha value is -3.35. The molecule has 0 radical (unpaired) electrons. The van der Waals surface area contributed by atoms with Crippen molar-refractivity contribution in [1.82, 2.24) is 15.5 Å². The van der Waals surface area contributed by atoms with E-state index in [1.165, 1.54) is 0 Å². The standard InChI is InChI=1S/C31H43N3O4/c1-19(2)26(33-30(37)38-31(6,7)8)29(36)34(25-17-21(25)4)27(24-16-12-13-20(3)22(24)5)28(35)32-18-23-14-10-9-11-15-23/h9-16,19,21,25-27H,17-18H2,1-8H3,(H,32,35)(H,33,37). The van der Waals surface area contributed by atoms with Crippen LogP contribution in [0.3, 0.4) is 0 Å². The number of hydrogen-bond donors (Lipinski definition) is 2. The van der Waals surface area contributed by atoms with E-state index >= 15 is 0 Å². The molecule has 206 valence electrons. The molecular formula is C31H43N3O4. The zero-order chi connectivity index (χ0) is 28.2. The van der Waals surface area contributed by atoms with Gasteiger partial charge in [0.2, 0.25) is 11.8 Å². The molecule has 0 spiro atoms. The molecule has 2 aromatic carbocycles. The largest absolute Gasteiger partial charge is 0.444 e. The Morgan fingerprint density at radius 1 is 1.03 bits per heavy atom. The highest BCUT2D eigenvalue weighted by atomic mass is 16.6. The third-order valence-corrected chi connectivity index (χ3v) is 7.06. The average molecular weight is 522 g/mol. The molecule has 4 unspecified atom stereocenters. The number of nitrogens with zero attached hydrogens (tertiary/aromatic N) is 1. The molecule has 0 saturated heterocycles. The summed E-state index contributed by atoms with van der Waals surface area (Å²) in [7, 11) is 0. The molecule has 3 amide bonds. The van der Waals surface area contributed by atoms with Crippen LogP contribution >= 0.6 is 0 Å².